The van der Waals surface area contributed by atoms with Gasteiger partial charge in [0.2, 0.25) is 0 Å². The van der Waals surface area contributed by atoms with Gasteiger partial charge >= 0.3 is 0 Å². The smallest absolute Gasteiger partial charge is 0.287 e. The molecule has 82 valence electrons. The second-order valence-corrected chi connectivity index (χ2v) is 3.49. The Morgan fingerprint density at radius 2 is 2.47 bits per heavy atom. The molecule has 0 aliphatic carbocycles. The molecule has 2 N–H and O–H groups in total. The molecule has 5 nitrogen and oxygen atoms in total. The zero-order valence-corrected chi connectivity index (χ0v) is 8.18. The number of aliphatic hydroxyl groups excluding tert-OH is 1. The van der Waals surface area contributed by atoms with E-state index in [4.69, 9.17) is 9.15 Å². The zero-order chi connectivity index (χ0) is 10.7. The summed E-state index contributed by atoms with van der Waals surface area (Å²) < 4.78 is 10.1. The fraction of sp³-hybridized carbons (Fsp3) is 0.500. The summed E-state index contributed by atoms with van der Waals surface area (Å²) in [5.74, 6) is -0.0812. The first-order valence-corrected chi connectivity index (χ1v) is 4.87. The van der Waals surface area contributed by atoms with Crippen molar-refractivity contribution < 1.29 is 19.1 Å². The van der Waals surface area contributed by atoms with Gasteiger partial charge in [-0.3, -0.25) is 4.79 Å². The van der Waals surface area contributed by atoms with Gasteiger partial charge in [-0.2, -0.15) is 0 Å². The number of hydrogen-bond donors (Lipinski definition) is 2. The van der Waals surface area contributed by atoms with Crippen LogP contribution in [0.5, 0.6) is 0 Å². The quantitative estimate of drug-likeness (QED) is 0.731. The monoisotopic (exact) mass is 211 g/mol. The number of hydrogen-bond acceptors (Lipinski definition) is 4. The Bertz CT molecular complexity index is 322. The first-order valence-electron chi connectivity index (χ1n) is 4.87. The number of aliphatic hydroxyl groups is 1. The molecule has 1 amide bonds. The van der Waals surface area contributed by atoms with Crippen LogP contribution in [-0.2, 0) is 4.74 Å². The largest absolute Gasteiger partial charge is 0.459 e. The molecule has 0 spiro atoms. The third-order valence-corrected chi connectivity index (χ3v) is 2.38. The van der Waals surface area contributed by atoms with Gasteiger partial charge in [0, 0.05) is 6.61 Å². The Labute approximate surface area is 87.0 Å². The molecule has 2 atom stereocenters. The van der Waals surface area contributed by atoms with Gasteiger partial charge in [0.1, 0.15) is 0 Å². The maximum absolute atomic E-state index is 11.5. The highest BCUT2D eigenvalue weighted by atomic mass is 16.5. The van der Waals surface area contributed by atoms with Gasteiger partial charge in [-0.1, -0.05) is 0 Å². The van der Waals surface area contributed by atoms with Crippen LogP contribution < -0.4 is 5.32 Å². The van der Waals surface area contributed by atoms with Gasteiger partial charge in [-0.25, -0.2) is 0 Å². The van der Waals surface area contributed by atoms with Crippen molar-refractivity contribution in [3.8, 4) is 0 Å². The van der Waals surface area contributed by atoms with E-state index in [-0.39, 0.29) is 17.7 Å². The van der Waals surface area contributed by atoms with Gasteiger partial charge in [-0.05, 0) is 18.6 Å². The molecule has 5 heteroatoms. The minimum atomic E-state index is -0.544. The molecule has 0 unspecified atom stereocenters. The van der Waals surface area contributed by atoms with E-state index in [1.807, 2.05) is 0 Å². The van der Waals surface area contributed by atoms with E-state index >= 15 is 0 Å². The summed E-state index contributed by atoms with van der Waals surface area (Å²) in [6.07, 6.45) is 1.43. The summed E-state index contributed by atoms with van der Waals surface area (Å²) in [7, 11) is 0. The van der Waals surface area contributed by atoms with Crippen molar-refractivity contribution in [3.63, 3.8) is 0 Å². The molecule has 1 aliphatic heterocycles. The van der Waals surface area contributed by atoms with E-state index in [1.54, 1.807) is 12.1 Å². The number of nitrogens with one attached hydrogen (secondary N) is 1. The van der Waals surface area contributed by atoms with Crippen molar-refractivity contribution in [2.75, 3.05) is 13.2 Å². The summed E-state index contributed by atoms with van der Waals surface area (Å²) in [5, 5.41) is 12.3. The number of ether oxygens (including phenoxy) is 1. The first-order chi connectivity index (χ1) is 7.27. The highest BCUT2D eigenvalue weighted by molar-refractivity contribution is 5.91. The lowest BCUT2D eigenvalue weighted by Gasteiger charge is -2.27. The summed E-state index contributed by atoms with van der Waals surface area (Å²) in [6, 6.07) is 2.87. The standard InChI is InChI=1S/C10H13NO4/c12-8-3-5-14-6-7(8)11-10(13)9-2-1-4-15-9/h1-2,4,7-8,12H,3,5-6H2,(H,11,13)/t7-,8-/m1/s1. The van der Waals surface area contributed by atoms with Crippen molar-refractivity contribution in [2.45, 2.75) is 18.6 Å². The van der Waals surface area contributed by atoms with Gasteiger partial charge < -0.3 is 19.6 Å². The SMILES string of the molecule is O=C(N[C@@H]1COCC[C@H]1O)c1ccco1. The van der Waals surface area contributed by atoms with Crippen LogP contribution in [-0.4, -0.2) is 36.4 Å². The van der Waals surface area contributed by atoms with E-state index in [0.717, 1.165) is 0 Å². The normalized spacial score (nSPS) is 26.2. The molecule has 1 aromatic heterocycles. The van der Waals surface area contributed by atoms with E-state index in [9.17, 15) is 9.90 Å². The average molecular weight is 211 g/mol. The van der Waals surface area contributed by atoms with Crippen LogP contribution in [0, 0.1) is 0 Å². The average Bonchev–Trinajstić information content (AvgIpc) is 2.74. The molecular weight excluding hydrogens is 198 g/mol. The molecule has 0 aromatic carbocycles. The zero-order valence-electron chi connectivity index (χ0n) is 8.18. The Kier molecular flexibility index (Phi) is 3.03. The van der Waals surface area contributed by atoms with E-state index in [1.165, 1.54) is 6.26 Å². The van der Waals surface area contributed by atoms with Crippen LogP contribution in [0.1, 0.15) is 17.0 Å². The topological polar surface area (TPSA) is 71.7 Å². The Hall–Kier alpha value is -1.33. The molecule has 2 rings (SSSR count). The van der Waals surface area contributed by atoms with E-state index < -0.39 is 6.10 Å². The van der Waals surface area contributed by atoms with Crippen LogP contribution >= 0.6 is 0 Å². The lowest BCUT2D eigenvalue weighted by molar-refractivity contribution is -0.0142. The van der Waals surface area contributed by atoms with Gasteiger partial charge in [0.15, 0.2) is 5.76 Å². The Balaban J connectivity index is 1.93. The van der Waals surface area contributed by atoms with Crippen LogP contribution in [0.2, 0.25) is 0 Å². The lowest BCUT2D eigenvalue weighted by Crippen LogP contribution is -2.49. The molecule has 2 heterocycles. The van der Waals surface area contributed by atoms with Crippen molar-refractivity contribution in [1.29, 1.82) is 0 Å². The number of amides is 1. The maximum atomic E-state index is 11.5. The fourth-order valence-electron chi connectivity index (χ4n) is 1.51. The third-order valence-electron chi connectivity index (χ3n) is 2.38. The summed E-state index contributed by atoms with van der Waals surface area (Å²) in [5.41, 5.74) is 0. The second kappa shape index (κ2) is 4.46. The molecule has 1 saturated heterocycles. The van der Waals surface area contributed by atoms with Crippen LogP contribution in [0.3, 0.4) is 0 Å². The fourth-order valence-corrected chi connectivity index (χ4v) is 1.51. The van der Waals surface area contributed by atoms with Crippen molar-refractivity contribution in [1.82, 2.24) is 5.32 Å². The minimum absolute atomic E-state index is 0.243. The summed E-state index contributed by atoms with van der Waals surface area (Å²) >= 11 is 0. The third kappa shape index (κ3) is 2.37. The minimum Gasteiger partial charge on any atom is -0.459 e. The van der Waals surface area contributed by atoms with Crippen LogP contribution in [0.15, 0.2) is 22.8 Å². The second-order valence-electron chi connectivity index (χ2n) is 3.49. The van der Waals surface area contributed by atoms with Crippen LogP contribution in [0.25, 0.3) is 0 Å². The molecule has 0 radical (unpaired) electrons. The van der Waals surface area contributed by atoms with Gasteiger partial charge in [0.05, 0.1) is 25.0 Å². The molecule has 1 aromatic rings. The molecule has 0 bridgehead atoms. The Morgan fingerprint density at radius 1 is 1.60 bits per heavy atom. The first kappa shape index (κ1) is 10.2. The van der Waals surface area contributed by atoms with Gasteiger partial charge in [-0.15, -0.1) is 0 Å². The van der Waals surface area contributed by atoms with Crippen molar-refractivity contribution >= 4 is 5.91 Å². The predicted molar refractivity (Wildman–Crippen MR) is 51.4 cm³/mol. The highest BCUT2D eigenvalue weighted by Crippen LogP contribution is 2.08. The van der Waals surface area contributed by atoms with E-state index in [0.29, 0.717) is 19.6 Å². The maximum Gasteiger partial charge on any atom is 0.287 e. The summed E-state index contributed by atoms with van der Waals surface area (Å²) in [4.78, 5) is 11.5. The highest BCUT2D eigenvalue weighted by Gasteiger charge is 2.26. The molecule has 15 heavy (non-hydrogen) atoms. The molecule has 0 saturated carbocycles. The number of carbonyl (C=O) groups is 1. The number of furan rings is 1. The molecule has 1 fully saturated rings. The molecular formula is C10H13NO4. The summed E-state index contributed by atoms with van der Waals surface area (Å²) in [6.45, 7) is 0.877. The number of carbonyl (C=O) groups excluding carboxylic acids is 1. The molecule has 1 aliphatic rings. The van der Waals surface area contributed by atoms with E-state index in [2.05, 4.69) is 5.32 Å². The van der Waals surface area contributed by atoms with Gasteiger partial charge in [0.25, 0.3) is 5.91 Å². The Morgan fingerprint density at radius 3 is 3.13 bits per heavy atom. The number of rotatable bonds is 2. The lowest BCUT2D eigenvalue weighted by atomic mass is 10.1. The van der Waals surface area contributed by atoms with Crippen LogP contribution in [0.4, 0.5) is 0 Å². The van der Waals surface area contributed by atoms with Crippen molar-refractivity contribution in [2.24, 2.45) is 0 Å². The predicted octanol–water partition coefficient (Wildman–Crippen LogP) is 0.159. The van der Waals surface area contributed by atoms with Crippen molar-refractivity contribution in [3.05, 3.63) is 24.2 Å².